The van der Waals surface area contributed by atoms with Gasteiger partial charge in [0.25, 0.3) is 0 Å². The van der Waals surface area contributed by atoms with Crippen LogP contribution in [0.2, 0.25) is 0 Å². The van der Waals surface area contributed by atoms with Crippen molar-refractivity contribution >= 4 is 12.0 Å². The highest BCUT2D eigenvalue weighted by Gasteiger charge is 2.39. The van der Waals surface area contributed by atoms with Crippen molar-refractivity contribution in [2.45, 2.75) is 77.7 Å². The van der Waals surface area contributed by atoms with Crippen LogP contribution in [0.5, 0.6) is 0 Å². The van der Waals surface area contributed by atoms with Crippen molar-refractivity contribution in [3.63, 3.8) is 0 Å². The lowest BCUT2D eigenvalue weighted by molar-refractivity contribution is -0.149. The topological polar surface area (TPSA) is 78.4 Å². The summed E-state index contributed by atoms with van der Waals surface area (Å²) in [6, 6.07) is -0.265. The van der Waals surface area contributed by atoms with E-state index in [9.17, 15) is 14.7 Å². The van der Waals surface area contributed by atoms with Gasteiger partial charge in [0.05, 0.1) is 5.41 Å². The molecule has 1 aliphatic carbocycles. The maximum absolute atomic E-state index is 12.0. The summed E-state index contributed by atoms with van der Waals surface area (Å²) in [7, 11) is 0. The van der Waals surface area contributed by atoms with Crippen molar-refractivity contribution in [3.8, 4) is 0 Å². The van der Waals surface area contributed by atoms with Crippen molar-refractivity contribution in [2.75, 3.05) is 6.54 Å². The molecule has 0 aliphatic heterocycles. The summed E-state index contributed by atoms with van der Waals surface area (Å²) in [5.41, 5.74) is -1.05. The predicted molar refractivity (Wildman–Crippen MR) is 83.3 cm³/mol. The number of carboxylic acids is 1. The number of aliphatic carboxylic acids is 1. The first-order chi connectivity index (χ1) is 9.81. The standard InChI is InChI=1S/C16H30N2O3/c1-4-9-15(2,3)18-14(21)17-12-16(13(19)20)10-7-5-6-8-11-16/h4-12H2,1-3H3,(H,19,20)(H2,17,18,21). The Morgan fingerprint density at radius 1 is 1.14 bits per heavy atom. The van der Waals surface area contributed by atoms with E-state index >= 15 is 0 Å². The lowest BCUT2D eigenvalue weighted by Crippen LogP contribution is -2.51. The fraction of sp³-hybridized carbons (Fsp3) is 0.875. The van der Waals surface area contributed by atoms with E-state index in [0.717, 1.165) is 38.5 Å². The number of urea groups is 1. The second kappa shape index (κ2) is 7.66. The summed E-state index contributed by atoms with van der Waals surface area (Å²) in [6.07, 6.45) is 7.22. The highest BCUT2D eigenvalue weighted by atomic mass is 16.4. The lowest BCUT2D eigenvalue weighted by Gasteiger charge is -2.30. The van der Waals surface area contributed by atoms with Crippen molar-refractivity contribution < 1.29 is 14.7 Å². The second-order valence-electron chi connectivity index (χ2n) is 6.94. The van der Waals surface area contributed by atoms with Crippen molar-refractivity contribution in [3.05, 3.63) is 0 Å². The smallest absolute Gasteiger partial charge is 0.315 e. The number of nitrogens with one attached hydrogen (secondary N) is 2. The van der Waals surface area contributed by atoms with E-state index in [2.05, 4.69) is 17.6 Å². The maximum Gasteiger partial charge on any atom is 0.315 e. The molecule has 0 atom stereocenters. The van der Waals surface area contributed by atoms with Crippen LogP contribution in [0.4, 0.5) is 4.79 Å². The van der Waals surface area contributed by atoms with Crippen molar-refractivity contribution in [2.24, 2.45) is 5.41 Å². The molecule has 0 aromatic carbocycles. The van der Waals surface area contributed by atoms with E-state index < -0.39 is 11.4 Å². The number of carbonyl (C=O) groups excluding carboxylic acids is 1. The summed E-state index contributed by atoms with van der Waals surface area (Å²) in [5, 5.41) is 15.3. The Bertz CT molecular complexity index is 359. The van der Waals surface area contributed by atoms with Gasteiger partial charge in [-0.2, -0.15) is 0 Å². The van der Waals surface area contributed by atoms with E-state index in [1.54, 1.807) is 0 Å². The first kappa shape index (κ1) is 17.8. The molecule has 1 fully saturated rings. The largest absolute Gasteiger partial charge is 0.481 e. The number of amides is 2. The van der Waals surface area contributed by atoms with Gasteiger partial charge in [-0.3, -0.25) is 4.79 Å². The second-order valence-corrected chi connectivity index (χ2v) is 6.94. The minimum atomic E-state index is -0.789. The highest BCUT2D eigenvalue weighted by molar-refractivity contribution is 5.78. The van der Waals surface area contributed by atoms with Gasteiger partial charge in [-0.15, -0.1) is 0 Å². The van der Waals surface area contributed by atoms with Gasteiger partial charge < -0.3 is 15.7 Å². The monoisotopic (exact) mass is 298 g/mol. The Morgan fingerprint density at radius 2 is 1.71 bits per heavy atom. The summed E-state index contributed by atoms with van der Waals surface area (Å²) in [6.45, 7) is 6.26. The number of carbonyl (C=O) groups is 2. The van der Waals surface area contributed by atoms with Crippen molar-refractivity contribution in [1.82, 2.24) is 10.6 Å². The molecule has 1 rings (SSSR count). The number of hydrogen-bond donors (Lipinski definition) is 3. The van der Waals surface area contributed by atoms with Gasteiger partial charge in [0.15, 0.2) is 0 Å². The molecular formula is C16H30N2O3. The first-order valence-electron chi connectivity index (χ1n) is 8.11. The van der Waals surface area contributed by atoms with Crippen LogP contribution in [-0.4, -0.2) is 29.2 Å². The van der Waals surface area contributed by atoms with Gasteiger partial charge in [-0.05, 0) is 33.1 Å². The Labute approximate surface area is 127 Å². The average molecular weight is 298 g/mol. The van der Waals surface area contributed by atoms with Crippen LogP contribution in [-0.2, 0) is 4.79 Å². The minimum Gasteiger partial charge on any atom is -0.481 e. The summed E-state index contributed by atoms with van der Waals surface area (Å²) >= 11 is 0. The summed E-state index contributed by atoms with van der Waals surface area (Å²) in [4.78, 5) is 23.7. The summed E-state index contributed by atoms with van der Waals surface area (Å²) < 4.78 is 0. The number of rotatable bonds is 6. The van der Waals surface area contributed by atoms with Crippen LogP contribution in [0.15, 0.2) is 0 Å². The Balaban J connectivity index is 2.57. The molecule has 0 aromatic heterocycles. The zero-order chi connectivity index (χ0) is 15.9. The van der Waals surface area contributed by atoms with E-state index in [1.165, 1.54) is 0 Å². The molecule has 122 valence electrons. The Morgan fingerprint density at radius 3 is 2.19 bits per heavy atom. The lowest BCUT2D eigenvalue weighted by atomic mass is 9.80. The van der Waals surface area contributed by atoms with Crippen LogP contribution >= 0.6 is 0 Å². The van der Waals surface area contributed by atoms with Crippen LogP contribution < -0.4 is 10.6 Å². The molecule has 2 amide bonds. The third-order valence-electron chi connectivity index (χ3n) is 4.43. The molecule has 0 radical (unpaired) electrons. The highest BCUT2D eigenvalue weighted by Crippen LogP contribution is 2.34. The zero-order valence-corrected chi connectivity index (χ0v) is 13.6. The molecule has 3 N–H and O–H groups in total. The molecule has 5 nitrogen and oxygen atoms in total. The molecule has 0 saturated heterocycles. The molecule has 0 bridgehead atoms. The molecule has 21 heavy (non-hydrogen) atoms. The third kappa shape index (κ3) is 5.56. The van der Waals surface area contributed by atoms with E-state index in [4.69, 9.17) is 0 Å². The van der Waals surface area contributed by atoms with E-state index in [-0.39, 0.29) is 18.1 Å². The quantitative estimate of drug-likeness (QED) is 0.658. The zero-order valence-electron chi connectivity index (χ0n) is 13.6. The maximum atomic E-state index is 12.0. The molecule has 1 aliphatic rings. The summed E-state index contributed by atoms with van der Waals surface area (Å²) in [5.74, 6) is -0.780. The normalized spacial score (nSPS) is 18.6. The van der Waals surface area contributed by atoms with Gasteiger partial charge >= 0.3 is 12.0 Å². The molecule has 0 spiro atoms. The molecule has 0 unspecified atom stereocenters. The van der Waals surface area contributed by atoms with E-state index in [0.29, 0.717) is 12.8 Å². The molecule has 0 aromatic rings. The van der Waals surface area contributed by atoms with E-state index in [1.807, 2.05) is 13.8 Å². The SMILES string of the molecule is CCCC(C)(C)NC(=O)NCC1(C(=O)O)CCCCCC1. The van der Waals surface area contributed by atoms with Crippen molar-refractivity contribution in [1.29, 1.82) is 0 Å². The first-order valence-corrected chi connectivity index (χ1v) is 8.11. The van der Waals surface area contributed by atoms with Crippen LogP contribution in [0.3, 0.4) is 0 Å². The van der Waals surface area contributed by atoms with Gasteiger partial charge in [0.1, 0.15) is 0 Å². The van der Waals surface area contributed by atoms with Gasteiger partial charge in [-0.25, -0.2) is 4.79 Å². The van der Waals surface area contributed by atoms with Gasteiger partial charge in [-0.1, -0.05) is 39.0 Å². The van der Waals surface area contributed by atoms with Gasteiger partial charge in [0, 0.05) is 12.1 Å². The molecular weight excluding hydrogens is 268 g/mol. The fourth-order valence-corrected chi connectivity index (χ4v) is 3.16. The average Bonchev–Trinajstić information content (AvgIpc) is 2.62. The van der Waals surface area contributed by atoms with Crippen LogP contribution in [0.1, 0.15) is 72.1 Å². The number of hydrogen-bond acceptors (Lipinski definition) is 2. The molecule has 0 heterocycles. The van der Waals surface area contributed by atoms with Crippen LogP contribution in [0.25, 0.3) is 0 Å². The van der Waals surface area contributed by atoms with Crippen LogP contribution in [0, 0.1) is 5.41 Å². The Hall–Kier alpha value is -1.26. The molecule has 1 saturated carbocycles. The Kier molecular flexibility index (Phi) is 6.49. The third-order valence-corrected chi connectivity index (χ3v) is 4.43. The number of carboxylic acid groups (broad SMARTS) is 1. The fourth-order valence-electron chi connectivity index (χ4n) is 3.16. The molecule has 5 heteroatoms. The van der Waals surface area contributed by atoms with Gasteiger partial charge in [0.2, 0.25) is 0 Å². The minimum absolute atomic E-state index is 0.219. The predicted octanol–water partition coefficient (Wildman–Crippen LogP) is 3.29.